The van der Waals surface area contributed by atoms with Crippen molar-refractivity contribution in [3.05, 3.63) is 132 Å². The fourth-order valence-electron chi connectivity index (χ4n) is 6.78. The third-order valence-corrected chi connectivity index (χ3v) is 8.77. The summed E-state index contributed by atoms with van der Waals surface area (Å²) in [6, 6.07) is 45.2. The highest BCUT2D eigenvalue weighted by atomic mass is 16.7. The molecule has 6 heteroatoms. The largest absolute Gasteiger partial charge is 0.457 e. The van der Waals surface area contributed by atoms with Crippen molar-refractivity contribution in [1.29, 1.82) is 10.5 Å². The predicted octanol–water partition coefficient (Wildman–Crippen LogP) is 9.02. The lowest BCUT2D eigenvalue weighted by atomic mass is 10.0. The lowest BCUT2D eigenvalue weighted by Gasteiger charge is -2.14. The molecule has 0 atom stereocenters. The summed E-state index contributed by atoms with van der Waals surface area (Å²) in [6.07, 6.45) is 0. The van der Waals surface area contributed by atoms with Gasteiger partial charge in [0.25, 0.3) is 0 Å². The van der Waals surface area contributed by atoms with Gasteiger partial charge in [-0.05, 0) is 78.9 Å². The van der Waals surface area contributed by atoms with Crippen molar-refractivity contribution in [2.75, 3.05) is 6.79 Å². The normalized spacial score (nSPS) is 12.2. The van der Waals surface area contributed by atoms with Crippen LogP contribution in [0.4, 0.5) is 0 Å². The predicted molar refractivity (Wildman–Crippen MR) is 176 cm³/mol. The summed E-state index contributed by atoms with van der Waals surface area (Å²) >= 11 is 0. The van der Waals surface area contributed by atoms with Crippen molar-refractivity contribution >= 4 is 43.6 Å². The molecule has 0 bridgehead atoms. The van der Waals surface area contributed by atoms with Gasteiger partial charge in [-0.1, -0.05) is 36.4 Å². The molecule has 0 fully saturated rings. The Morgan fingerprint density at radius 3 is 1.62 bits per heavy atom. The van der Waals surface area contributed by atoms with E-state index >= 15 is 0 Å². The second-order valence-electron chi connectivity index (χ2n) is 11.2. The first-order valence-corrected chi connectivity index (χ1v) is 14.6. The molecule has 0 unspecified atom stereocenters. The van der Waals surface area contributed by atoms with Crippen LogP contribution in [0, 0.1) is 22.7 Å². The molecular weight excluding hydrogens is 556 g/mol. The molecule has 0 spiro atoms. The number of aromatic nitrogens is 2. The van der Waals surface area contributed by atoms with Gasteiger partial charge in [-0.15, -0.1) is 0 Å². The number of hydrogen-bond acceptors (Lipinski definition) is 4. The van der Waals surface area contributed by atoms with E-state index in [2.05, 4.69) is 75.9 Å². The summed E-state index contributed by atoms with van der Waals surface area (Å²) in [5, 5.41) is 23.4. The van der Waals surface area contributed by atoms with Crippen molar-refractivity contribution < 1.29 is 9.47 Å². The van der Waals surface area contributed by atoms with Gasteiger partial charge in [0, 0.05) is 50.1 Å². The number of hydrogen-bond donors (Lipinski definition) is 0. The first kappa shape index (κ1) is 25.0. The molecule has 210 valence electrons. The van der Waals surface area contributed by atoms with Crippen molar-refractivity contribution in [3.8, 4) is 46.1 Å². The van der Waals surface area contributed by atoms with Crippen LogP contribution in [0.15, 0.2) is 121 Å². The zero-order valence-corrected chi connectivity index (χ0v) is 23.9. The van der Waals surface area contributed by atoms with Crippen LogP contribution in [-0.2, 0) is 0 Å². The van der Waals surface area contributed by atoms with Crippen molar-refractivity contribution in [3.63, 3.8) is 0 Å². The van der Waals surface area contributed by atoms with Crippen molar-refractivity contribution in [2.45, 2.75) is 0 Å². The molecule has 8 aromatic rings. The molecule has 45 heavy (non-hydrogen) atoms. The van der Waals surface area contributed by atoms with E-state index < -0.39 is 0 Å². The van der Waals surface area contributed by atoms with E-state index in [9.17, 15) is 10.5 Å². The zero-order valence-electron chi connectivity index (χ0n) is 23.9. The number of rotatable bonds is 2. The van der Waals surface area contributed by atoms with Crippen LogP contribution in [0.2, 0.25) is 0 Å². The Labute approximate surface area is 257 Å². The summed E-state index contributed by atoms with van der Waals surface area (Å²) in [6.45, 7) is 0.0911. The van der Waals surface area contributed by atoms with Gasteiger partial charge in [-0.25, -0.2) is 0 Å². The van der Waals surface area contributed by atoms with Gasteiger partial charge >= 0.3 is 0 Å². The van der Waals surface area contributed by atoms with Gasteiger partial charge in [0.15, 0.2) is 0 Å². The standard InChI is InChI=1S/C39H22N4O2/c40-21-24-9-14-36-31(17-24)28-5-1-3-7-34(28)42(36)26-12-16-38-33(19-26)30-13-11-27(20-39(30)45-23-44-38)43-35-8-4-2-6-29(35)32-18-25(22-41)10-15-37(32)43/h1-20H,23H2. The lowest BCUT2D eigenvalue weighted by molar-refractivity contribution is 0.125. The Bertz CT molecular complexity index is 2610. The first-order chi connectivity index (χ1) is 22.2. The second kappa shape index (κ2) is 9.50. The minimum absolute atomic E-state index is 0.0911. The van der Waals surface area contributed by atoms with E-state index in [1.807, 2.05) is 66.7 Å². The third-order valence-electron chi connectivity index (χ3n) is 8.77. The number of fused-ring (bicyclic) bond motifs is 9. The maximum absolute atomic E-state index is 9.55. The smallest absolute Gasteiger partial charge is 0.230 e. The number of benzene rings is 6. The molecule has 6 nitrogen and oxygen atoms in total. The molecule has 2 aromatic heterocycles. The Hall–Kier alpha value is -6.50. The van der Waals surface area contributed by atoms with Crippen LogP contribution < -0.4 is 9.47 Å². The maximum atomic E-state index is 9.55. The van der Waals surface area contributed by atoms with Crippen LogP contribution >= 0.6 is 0 Å². The second-order valence-corrected chi connectivity index (χ2v) is 11.2. The summed E-state index contributed by atoms with van der Waals surface area (Å²) in [7, 11) is 0. The first-order valence-electron chi connectivity index (χ1n) is 14.6. The quantitative estimate of drug-likeness (QED) is 0.205. The molecule has 0 saturated heterocycles. The molecule has 9 rings (SSSR count). The molecule has 0 amide bonds. The lowest BCUT2D eigenvalue weighted by Crippen LogP contribution is -2.04. The van der Waals surface area contributed by atoms with E-state index in [1.54, 1.807) is 0 Å². The molecule has 0 saturated carbocycles. The molecular formula is C39H22N4O2. The highest BCUT2D eigenvalue weighted by Crippen LogP contribution is 2.43. The zero-order chi connectivity index (χ0) is 30.1. The minimum atomic E-state index is 0.0911. The van der Waals surface area contributed by atoms with E-state index in [0.717, 1.165) is 77.6 Å². The molecule has 6 aromatic carbocycles. The fraction of sp³-hybridized carbons (Fsp3) is 0.0256. The van der Waals surface area contributed by atoms with Gasteiger partial charge < -0.3 is 18.6 Å². The molecule has 0 radical (unpaired) electrons. The summed E-state index contributed by atoms with van der Waals surface area (Å²) in [5.74, 6) is 1.47. The van der Waals surface area contributed by atoms with Crippen molar-refractivity contribution in [1.82, 2.24) is 9.13 Å². The monoisotopic (exact) mass is 578 g/mol. The maximum Gasteiger partial charge on any atom is 0.230 e. The third kappa shape index (κ3) is 3.67. The number of nitrogens with zero attached hydrogens (tertiary/aromatic N) is 4. The molecule has 1 aliphatic rings. The van der Waals surface area contributed by atoms with E-state index in [1.165, 1.54) is 0 Å². The van der Waals surface area contributed by atoms with E-state index in [0.29, 0.717) is 11.1 Å². The summed E-state index contributed by atoms with van der Waals surface area (Å²) in [5.41, 5.74) is 9.26. The Morgan fingerprint density at radius 2 is 1.00 bits per heavy atom. The van der Waals surface area contributed by atoms with Gasteiger partial charge in [0.2, 0.25) is 6.79 Å². The van der Waals surface area contributed by atoms with Crippen LogP contribution in [0.25, 0.3) is 66.1 Å². The molecule has 0 aliphatic carbocycles. The highest BCUT2D eigenvalue weighted by molar-refractivity contribution is 6.10. The van der Waals surface area contributed by atoms with Gasteiger partial charge in [0.05, 0.1) is 45.3 Å². The number of ether oxygens (including phenoxy) is 2. The van der Waals surface area contributed by atoms with E-state index in [-0.39, 0.29) is 6.79 Å². The van der Waals surface area contributed by atoms with Crippen LogP contribution in [0.1, 0.15) is 11.1 Å². The fourth-order valence-corrected chi connectivity index (χ4v) is 6.78. The highest BCUT2D eigenvalue weighted by Gasteiger charge is 2.21. The minimum Gasteiger partial charge on any atom is -0.457 e. The van der Waals surface area contributed by atoms with Crippen LogP contribution in [-0.4, -0.2) is 15.9 Å². The topological polar surface area (TPSA) is 75.9 Å². The number of nitriles is 2. The Kier molecular flexibility index (Phi) is 5.29. The average Bonchev–Trinajstić information content (AvgIpc) is 3.53. The Balaban J connectivity index is 1.23. The molecule has 0 N–H and O–H groups in total. The van der Waals surface area contributed by atoms with Crippen molar-refractivity contribution in [2.24, 2.45) is 0 Å². The summed E-state index contributed by atoms with van der Waals surface area (Å²) < 4.78 is 16.8. The van der Waals surface area contributed by atoms with Crippen LogP contribution in [0.3, 0.4) is 0 Å². The molecule has 3 heterocycles. The van der Waals surface area contributed by atoms with E-state index in [4.69, 9.17) is 9.47 Å². The average molecular weight is 579 g/mol. The molecule has 1 aliphatic heterocycles. The van der Waals surface area contributed by atoms with Crippen LogP contribution in [0.5, 0.6) is 11.5 Å². The Morgan fingerprint density at radius 1 is 0.467 bits per heavy atom. The summed E-state index contributed by atoms with van der Waals surface area (Å²) in [4.78, 5) is 0. The van der Waals surface area contributed by atoms with Gasteiger partial charge in [-0.3, -0.25) is 0 Å². The van der Waals surface area contributed by atoms with Gasteiger partial charge in [0.1, 0.15) is 11.5 Å². The SMILES string of the molecule is N#Cc1ccc2c(c1)c1ccccc1n2-c1ccc2c(c1)OCOc1ccc(-n3c4ccccc4c4cc(C#N)ccc43)cc1-2. The number of para-hydroxylation sites is 2. The van der Waals surface area contributed by atoms with Gasteiger partial charge in [-0.2, -0.15) is 10.5 Å².